The minimum Gasteiger partial charge on any atom is -0.464 e. The fourth-order valence-electron chi connectivity index (χ4n) is 2.83. The van der Waals surface area contributed by atoms with Crippen LogP contribution in [0.1, 0.15) is 37.2 Å². The van der Waals surface area contributed by atoms with Gasteiger partial charge in [0.05, 0.1) is 11.6 Å². The van der Waals surface area contributed by atoms with Crippen LogP contribution in [0.15, 0.2) is 33.7 Å². The van der Waals surface area contributed by atoms with Gasteiger partial charge in [-0.3, -0.25) is 4.79 Å². The van der Waals surface area contributed by atoms with Crippen LogP contribution in [0, 0.1) is 0 Å². The van der Waals surface area contributed by atoms with Gasteiger partial charge in [-0.2, -0.15) is 0 Å². The highest BCUT2D eigenvalue weighted by Gasteiger charge is 2.21. The van der Waals surface area contributed by atoms with E-state index in [1.54, 1.807) is 24.5 Å². The Balaban J connectivity index is 2.05. The fourth-order valence-corrected chi connectivity index (χ4v) is 3.20. The molecule has 1 atom stereocenters. The SMILES string of the molecule is CS(=O)Oc1ccc2c(=O)c(C3CCCC3)coc2c1. The fraction of sp³-hybridized carbons (Fsp3) is 0.400. The number of hydrogen-bond donors (Lipinski definition) is 0. The molecular formula is C15H16O4S. The number of benzene rings is 1. The lowest BCUT2D eigenvalue weighted by molar-refractivity contribution is 0.558. The first-order valence-electron chi connectivity index (χ1n) is 6.72. The molecule has 1 aromatic heterocycles. The molecule has 3 rings (SSSR count). The zero-order chi connectivity index (χ0) is 14.1. The van der Waals surface area contributed by atoms with E-state index < -0.39 is 11.1 Å². The highest BCUT2D eigenvalue weighted by atomic mass is 32.2. The van der Waals surface area contributed by atoms with Crippen molar-refractivity contribution in [2.24, 2.45) is 0 Å². The topological polar surface area (TPSA) is 56.5 Å². The first kappa shape index (κ1) is 13.4. The summed E-state index contributed by atoms with van der Waals surface area (Å²) in [5, 5.41) is 0.559. The van der Waals surface area contributed by atoms with Gasteiger partial charge in [-0.05, 0) is 30.9 Å². The minimum absolute atomic E-state index is 0.0438. The second kappa shape index (κ2) is 5.40. The summed E-state index contributed by atoms with van der Waals surface area (Å²) in [6, 6.07) is 4.94. The smallest absolute Gasteiger partial charge is 0.203 e. The van der Waals surface area contributed by atoms with E-state index in [1.165, 1.54) is 19.1 Å². The van der Waals surface area contributed by atoms with E-state index in [1.807, 2.05) is 0 Å². The monoisotopic (exact) mass is 292 g/mol. The highest BCUT2D eigenvalue weighted by molar-refractivity contribution is 7.79. The Morgan fingerprint density at radius 1 is 1.30 bits per heavy atom. The summed E-state index contributed by atoms with van der Waals surface area (Å²) in [6.45, 7) is 0. The van der Waals surface area contributed by atoms with Gasteiger partial charge in [0.2, 0.25) is 11.1 Å². The molecule has 4 nitrogen and oxygen atoms in total. The first-order chi connectivity index (χ1) is 9.65. The van der Waals surface area contributed by atoms with Crippen LogP contribution >= 0.6 is 0 Å². The molecule has 1 heterocycles. The normalized spacial score (nSPS) is 17.4. The Bertz CT molecular complexity index is 713. The van der Waals surface area contributed by atoms with E-state index in [9.17, 15) is 9.00 Å². The molecular weight excluding hydrogens is 276 g/mol. The molecule has 1 aliphatic rings. The molecule has 1 aliphatic carbocycles. The predicted octanol–water partition coefficient (Wildman–Crippen LogP) is 3.12. The molecule has 0 N–H and O–H groups in total. The van der Waals surface area contributed by atoms with Crippen LogP contribution in [0.2, 0.25) is 0 Å². The molecule has 106 valence electrons. The maximum absolute atomic E-state index is 12.5. The van der Waals surface area contributed by atoms with Crippen molar-refractivity contribution in [1.29, 1.82) is 0 Å². The van der Waals surface area contributed by atoms with Crippen LogP contribution in [0.3, 0.4) is 0 Å². The van der Waals surface area contributed by atoms with Crippen molar-refractivity contribution >= 4 is 22.0 Å². The maximum atomic E-state index is 12.5. The summed E-state index contributed by atoms with van der Waals surface area (Å²) < 4.78 is 21.7. The lowest BCUT2D eigenvalue weighted by Crippen LogP contribution is -2.11. The van der Waals surface area contributed by atoms with Crippen molar-refractivity contribution in [1.82, 2.24) is 0 Å². The van der Waals surface area contributed by atoms with Crippen molar-refractivity contribution < 1.29 is 12.8 Å². The van der Waals surface area contributed by atoms with Gasteiger partial charge in [0.15, 0.2) is 5.43 Å². The summed E-state index contributed by atoms with van der Waals surface area (Å²) >= 11 is -1.39. The Morgan fingerprint density at radius 2 is 2.05 bits per heavy atom. The van der Waals surface area contributed by atoms with Crippen LogP contribution in [-0.4, -0.2) is 10.5 Å². The van der Waals surface area contributed by atoms with Crippen molar-refractivity contribution in [2.45, 2.75) is 31.6 Å². The molecule has 0 radical (unpaired) electrons. The zero-order valence-electron chi connectivity index (χ0n) is 11.3. The standard InChI is InChI=1S/C15H16O4S/c1-20(17)19-11-6-7-12-14(8-11)18-9-13(15(12)16)10-4-2-3-5-10/h6-10H,2-5H2,1H3. The van der Waals surface area contributed by atoms with E-state index >= 15 is 0 Å². The van der Waals surface area contributed by atoms with Crippen LogP contribution in [0.5, 0.6) is 5.75 Å². The molecule has 0 aliphatic heterocycles. The van der Waals surface area contributed by atoms with E-state index in [2.05, 4.69) is 0 Å². The molecule has 0 spiro atoms. The molecule has 1 unspecified atom stereocenters. The van der Waals surface area contributed by atoms with Crippen molar-refractivity contribution in [2.75, 3.05) is 6.26 Å². The van der Waals surface area contributed by atoms with E-state index in [4.69, 9.17) is 8.60 Å². The summed E-state index contributed by atoms with van der Waals surface area (Å²) in [6.07, 6.45) is 7.50. The van der Waals surface area contributed by atoms with E-state index in [-0.39, 0.29) is 5.43 Å². The summed E-state index contributed by atoms with van der Waals surface area (Å²) in [4.78, 5) is 12.5. The molecule has 0 amide bonds. The van der Waals surface area contributed by atoms with Crippen LogP contribution in [-0.2, 0) is 11.1 Å². The third-order valence-electron chi connectivity index (χ3n) is 3.78. The number of hydrogen-bond acceptors (Lipinski definition) is 4. The first-order valence-corrected chi connectivity index (χ1v) is 8.20. The van der Waals surface area contributed by atoms with E-state index in [0.29, 0.717) is 22.6 Å². The summed E-state index contributed by atoms with van der Waals surface area (Å²) in [5.41, 5.74) is 1.30. The average Bonchev–Trinajstić information content (AvgIpc) is 2.92. The third-order valence-corrected chi connectivity index (χ3v) is 4.21. The van der Waals surface area contributed by atoms with Crippen molar-refractivity contribution in [3.63, 3.8) is 0 Å². The van der Waals surface area contributed by atoms with Gasteiger partial charge < -0.3 is 8.60 Å². The van der Waals surface area contributed by atoms with Gasteiger partial charge >= 0.3 is 0 Å². The molecule has 2 aromatic rings. The van der Waals surface area contributed by atoms with Gasteiger partial charge in [0, 0.05) is 17.9 Å². The molecule has 20 heavy (non-hydrogen) atoms. The Kier molecular flexibility index (Phi) is 3.61. The second-order valence-electron chi connectivity index (χ2n) is 5.14. The summed E-state index contributed by atoms with van der Waals surface area (Å²) in [5.74, 6) is 0.768. The highest BCUT2D eigenvalue weighted by Crippen LogP contribution is 2.33. The molecule has 0 bridgehead atoms. The molecule has 1 saturated carbocycles. The maximum Gasteiger partial charge on any atom is 0.203 e. The Labute approximate surface area is 119 Å². The second-order valence-corrected chi connectivity index (χ2v) is 6.11. The molecule has 5 heteroatoms. The van der Waals surface area contributed by atoms with Gasteiger partial charge in [0.1, 0.15) is 11.3 Å². The molecule has 0 saturated heterocycles. The Hall–Kier alpha value is -1.62. The lowest BCUT2D eigenvalue weighted by atomic mass is 9.98. The number of rotatable bonds is 3. The van der Waals surface area contributed by atoms with Crippen molar-refractivity contribution in [3.8, 4) is 5.75 Å². The van der Waals surface area contributed by atoms with Crippen LogP contribution < -0.4 is 9.61 Å². The van der Waals surface area contributed by atoms with Gasteiger partial charge in [0.25, 0.3) is 0 Å². The van der Waals surface area contributed by atoms with Crippen LogP contribution in [0.25, 0.3) is 11.0 Å². The molecule has 1 aromatic carbocycles. The van der Waals surface area contributed by atoms with Crippen LogP contribution in [0.4, 0.5) is 0 Å². The van der Waals surface area contributed by atoms with Gasteiger partial charge in [-0.15, -0.1) is 0 Å². The zero-order valence-corrected chi connectivity index (χ0v) is 12.1. The predicted molar refractivity (Wildman–Crippen MR) is 78.4 cm³/mol. The molecule has 1 fully saturated rings. The lowest BCUT2D eigenvalue weighted by Gasteiger charge is -2.09. The minimum atomic E-state index is -1.39. The van der Waals surface area contributed by atoms with Gasteiger partial charge in [-0.1, -0.05) is 12.8 Å². The Morgan fingerprint density at radius 3 is 2.75 bits per heavy atom. The van der Waals surface area contributed by atoms with Crippen molar-refractivity contribution in [3.05, 3.63) is 40.2 Å². The van der Waals surface area contributed by atoms with E-state index in [0.717, 1.165) is 18.4 Å². The average molecular weight is 292 g/mol. The largest absolute Gasteiger partial charge is 0.464 e. The summed E-state index contributed by atoms with van der Waals surface area (Å²) in [7, 11) is 0. The number of fused-ring (bicyclic) bond motifs is 1. The van der Waals surface area contributed by atoms with Gasteiger partial charge in [-0.25, -0.2) is 4.21 Å². The quantitative estimate of drug-likeness (QED) is 0.872. The third kappa shape index (κ3) is 2.50.